The normalized spacial score (nSPS) is 25.8. The summed E-state index contributed by atoms with van der Waals surface area (Å²) in [6.07, 6.45) is 5.28. The zero-order chi connectivity index (χ0) is 20.0. The fourth-order valence-electron chi connectivity index (χ4n) is 4.98. The lowest BCUT2D eigenvalue weighted by atomic mass is 9.78. The van der Waals surface area contributed by atoms with Gasteiger partial charge in [-0.25, -0.2) is 0 Å². The maximum Gasteiger partial charge on any atom is 0.276 e. The van der Waals surface area contributed by atoms with Crippen LogP contribution < -0.4 is 10.9 Å². The van der Waals surface area contributed by atoms with Gasteiger partial charge in [0.05, 0.1) is 6.04 Å². The summed E-state index contributed by atoms with van der Waals surface area (Å²) < 4.78 is 6.67. The fraction of sp³-hybridized carbons (Fsp3) is 0.524. The van der Waals surface area contributed by atoms with Gasteiger partial charge in [0.2, 0.25) is 5.91 Å². The lowest BCUT2D eigenvalue weighted by Gasteiger charge is -2.47. The van der Waals surface area contributed by atoms with Crippen LogP contribution in [0.25, 0.3) is 0 Å². The SMILES string of the molecule is O=C(NC[C@H]1[C@H]2C[C@H](CN(C(=O)c3ccon3)C2)c2cccc(=O)n21)C1CCC1. The summed E-state index contributed by atoms with van der Waals surface area (Å²) in [7, 11) is 0. The summed E-state index contributed by atoms with van der Waals surface area (Å²) >= 11 is 0. The largest absolute Gasteiger partial charge is 0.364 e. The first kappa shape index (κ1) is 18.1. The predicted octanol–water partition coefficient (Wildman–Crippen LogP) is 1.55. The van der Waals surface area contributed by atoms with E-state index in [1.54, 1.807) is 23.1 Å². The van der Waals surface area contributed by atoms with E-state index in [0.717, 1.165) is 31.4 Å². The second-order valence-corrected chi connectivity index (χ2v) is 8.39. The number of hydrogen-bond donors (Lipinski definition) is 1. The van der Waals surface area contributed by atoms with Crippen LogP contribution in [0.4, 0.5) is 0 Å². The number of amides is 2. The average Bonchev–Trinajstić information content (AvgIpc) is 3.21. The molecule has 0 unspecified atom stereocenters. The molecular weight excluding hydrogens is 372 g/mol. The van der Waals surface area contributed by atoms with Gasteiger partial charge < -0.3 is 19.3 Å². The highest BCUT2D eigenvalue weighted by Crippen LogP contribution is 2.41. The summed E-state index contributed by atoms with van der Waals surface area (Å²) in [5, 5.41) is 6.85. The van der Waals surface area contributed by atoms with Crippen molar-refractivity contribution in [2.75, 3.05) is 19.6 Å². The summed E-state index contributed by atoms with van der Waals surface area (Å²) in [5.74, 6) is 0.221. The number of fused-ring (bicyclic) bond motifs is 4. The summed E-state index contributed by atoms with van der Waals surface area (Å²) in [5.41, 5.74) is 1.19. The topological polar surface area (TPSA) is 97.4 Å². The molecule has 8 heteroatoms. The fourth-order valence-corrected chi connectivity index (χ4v) is 4.98. The minimum Gasteiger partial charge on any atom is -0.364 e. The molecule has 5 rings (SSSR count). The molecule has 3 atom stereocenters. The van der Waals surface area contributed by atoms with Crippen LogP contribution in [0.1, 0.15) is 53.8 Å². The highest BCUT2D eigenvalue weighted by atomic mass is 16.5. The van der Waals surface area contributed by atoms with E-state index < -0.39 is 0 Å². The third-order valence-electron chi connectivity index (χ3n) is 6.70. The number of carbonyl (C=O) groups is 2. The van der Waals surface area contributed by atoms with Crippen LogP contribution in [-0.4, -0.2) is 46.1 Å². The molecule has 2 amide bonds. The second-order valence-electron chi connectivity index (χ2n) is 8.39. The number of likely N-dealkylation sites (tertiary alicyclic amines) is 1. The molecule has 0 aromatic carbocycles. The lowest BCUT2D eigenvalue weighted by molar-refractivity contribution is -0.127. The number of aromatic nitrogens is 2. The average molecular weight is 396 g/mol. The molecule has 2 fully saturated rings. The summed E-state index contributed by atoms with van der Waals surface area (Å²) in [6.45, 7) is 1.50. The molecule has 29 heavy (non-hydrogen) atoms. The van der Waals surface area contributed by atoms with Crippen LogP contribution in [0.15, 0.2) is 39.8 Å². The minimum atomic E-state index is -0.160. The molecule has 152 valence electrons. The van der Waals surface area contributed by atoms with Crippen molar-refractivity contribution in [1.82, 2.24) is 19.9 Å². The van der Waals surface area contributed by atoms with Crippen molar-refractivity contribution in [3.05, 3.63) is 52.3 Å². The van der Waals surface area contributed by atoms with E-state index in [-0.39, 0.29) is 41.2 Å². The molecular formula is C21H24N4O4. The van der Waals surface area contributed by atoms with Gasteiger partial charge in [0.1, 0.15) is 6.26 Å². The highest BCUT2D eigenvalue weighted by molar-refractivity contribution is 5.92. The van der Waals surface area contributed by atoms with E-state index in [0.29, 0.717) is 25.3 Å². The molecule has 1 N–H and O–H groups in total. The third kappa shape index (κ3) is 3.16. The van der Waals surface area contributed by atoms with Crippen molar-refractivity contribution in [2.45, 2.75) is 37.6 Å². The van der Waals surface area contributed by atoms with Gasteiger partial charge in [0.25, 0.3) is 11.5 Å². The van der Waals surface area contributed by atoms with Crippen molar-refractivity contribution in [3.8, 4) is 0 Å². The van der Waals surface area contributed by atoms with E-state index in [2.05, 4.69) is 10.5 Å². The smallest absolute Gasteiger partial charge is 0.276 e. The van der Waals surface area contributed by atoms with Crippen LogP contribution >= 0.6 is 0 Å². The first-order valence-corrected chi connectivity index (χ1v) is 10.3. The van der Waals surface area contributed by atoms with Crippen molar-refractivity contribution in [2.24, 2.45) is 11.8 Å². The van der Waals surface area contributed by atoms with E-state index >= 15 is 0 Å². The number of rotatable bonds is 4. The standard InChI is InChI=1S/C21H24N4O4/c26-19-6-2-5-17-14-9-15(12-24(11-14)21(28)16-7-8-29-23-16)18(25(17)19)10-22-20(27)13-3-1-4-13/h2,5-8,13-15,18H,1,3-4,9-12H2,(H,22,27)/t14-,15+,18+/m1/s1. The molecule has 1 saturated carbocycles. The number of nitrogens with one attached hydrogen (secondary N) is 1. The Morgan fingerprint density at radius 1 is 1.21 bits per heavy atom. The molecule has 2 aromatic rings. The van der Waals surface area contributed by atoms with Crippen molar-refractivity contribution >= 4 is 11.8 Å². The van der Waals surface area contributed by atoms with Crippen molar-refractivity contribution in [3.63, 3.8) is 0 Å². The van der Waals surface area contributed by atoms with Gasteiger partial charge in [-0.05, 0) is 31.2 Å². The van der Waals surface area contributed by atoms with E-state index in [4.69, 9.17) is 4.52 Å². The van der Waals surface area contributed by atoms with Gasteiger partial charge in [-0.3, -0.25) is 14.4 Å². The number of nitrogens with zero attached hydrogens (tertiary/aromatic N) is 3. The van der Waals surface area contributed by atoms with Gasteiger partial charge >= 0.3 is 0 Å². The van der Waals surface area contributed by atoms with Crippen molar-refractivity contribution in [1.29, 1.82) is 0 Å². The quantitative estimate of drug-likeness (QED) is 0.846. The molecule has 2 aliphatic heterocycles. The lowest BCUT2D eigenvalue weighted by Crippen LogP contribution is -2.53. The Hall–Kier alpha value is -2.90. The zero-order valence-corrected chi connectivity index (χ0v) is 16.1. The van der Waals surface area contributed by atoms with Gasteiger partial charge in [0, 0.05) is 49.3 Å². The van der Waals surface area contributed by atoms with Gasteiger partial charge in [-0.15, -0.1) is 0 Å². The highest BCUT2D eigenvalue weighted by Gasteiger charge is 2.42. The summed E-state index contributed by atoms with van der Waals surface area (Å²) in [6, 6.07) is 6.72. The Balaban J connectivity index is 1.42. The minimum absolute atomic E-state index is 0.0450. The maximum atomic E-state index is 12.8. The summed E-state index contributed by atoms with van der Waals surface area (Å²) in [4.78, 5) is 39.7. The molecule has 0 spiro atoms. The van der Waals surface area contributed by atoms with Crippen LogP contribution in [-0.2, 0) is 4.79 Å². The molecule has 8 nitrogen and oxygen atoms in total. The van der Waals surface area contributed by atoms with Crippen LogP contribution in [0.3, 0.4) is 0 Å². The maximum absolute atomic E-state index is 12.8. The Kier molecular flexibility index (Phi) is 4.49. The predicted molar refractivity (Wildman–Crippen MR) is 103 cm³/mol. The van der Waals surface area contributed by atoms with E-state index in [9.17, 15) is 14.4 Å². The number of hydrogen-bond acceptors (Lipinski definition) is 5. The Labute approximate surface area is 167 Å². The van der Waals surface area contributed by atoms with E-state index in [1.165, 1.54) is 6.26 Å². The molecule has 4 heterocycles. The first-order valence-electron chi connectivity index (χ1n) is 10.3. The molecule has 1 aliphatic carbocycles. The Morgan fingerprint density at radius 3 is 2.79 bits per heavy atom. The zero-order valence-electron chi connectivity index (χ0n) is 16.1. The van der Waals surface area contributed by atoms with Gasteiger partial charge in [-0.1, -0.05) is 17.6 Å². The number of carbonyl (C=O) groups excluding carboxylic acids is 2. The molecule has 3 aliphatic rings. The first-order chi connectivity index (χ1) is 14.1. The van der Waals surface area contributed by atoms with E-state index in [1.807, 2.05) is 10.6 Å². The monoisotopic (exact) mass is 396 g/mol. The van der Waals surface area contributed by atoms with Crippen molar-refractivity contribution < 1.29 is 14.1 Å². The molecule has 0 radical (unpaired) electrons. The van der Waals surface area contributed by atoms with Crippen LogP contribution in [0.2, 0.25) is 0 Å². The van der Waals surface area contributed by atoms with Gasteiger partial charge in [-0.2, -0.15) is 0 Å². The van der Waals surface area contributed by atoms with Gasteiger partial charge in [0.15, 0.2) is 5.69 Å². The molecule has 2 bridgehead atoms. The second kappa shape index (κ2) is 7.17. The Morgan fingerprint density at radius 2 is 2.07 bits per heavy atom. The van der Waals surface area contributed by atoms with Crippen LogP contribution in [0.5, 0.6) is 0 Å². The molecule has 1 saturated heterocycles. The number of piperidine rings is 1. The molecule has 2 aromatic heterocycles. The third-order valence-corrected chi connectivity index (χ3v) is 6.70. The van der Waals surface area contributed by atoms with Crippen LogP contribution in [0, 0.1) is 11.8 Å². The number of pyridine rings is 1. The Bertz CT molecular complexity index is 979.